The predicted octanol–water partition coefficient (Wildman–Crippen LogP) is 1.16. The van der Waals surface area contributed by atoms with E-state index in [0.717, 1.165) is 5.56 Å². The summed E-state index contributed by atoms with van der Waals surface area (Å²) in [6, 6.07) is 1.59. The van der Waals surface area contributed by atoms with Gasteiger partial charge in [0, 0.05) is 25.4 Å². The summed E-state index contributed by atoms with van der Waals surface area (Å²) >= 11 is 0. The van der Waals surface area contributed by atoms with E-state index in [-0.39, 0.29) is 18.1 Å². The van der Waals surface area contributed by atoms with Crippen molar-refractivity contribution in [1.29, 1.82) is 0 Å². The molecule has 0 aliphatic carbocycles. The lowest BCUT2D eigenvalue weighted by Gasteiger charge is -2.29. The molecule has 1 aliphatic rings. The van der Waals surface area contributed by atoms with Gasteiger partial charge in [0.2, 0.25) is 0 Å². The van der Waals surface area contributed by atoms with E-state index in [1.54, 1.807) is 16.9 Å². The molecule has 2 aromatic rings. The second-order valence-corrected chi connectivity index (χ2v) is 5.82. The highest BCUT2D eigenvalue weighted by Gasteiger charge is 2.30. The summed E-state index contributed by atoms with van der Waals surface area (Å²) in [7, 11) is 0. The zero-order valence-corrected chi connectivity index (χ0v) is 12.8. The number of aliphatic carboxylic acids is 1. The van der Waals surface area contributed by atoms with Gasteiger partial charge in [0.1, 0.15) is 6.54 Å². The Morgan fingerprint density at radius 2 is 2.30 bits per heavy atom. The summed E-state index contributed by atoms with van der Waals surface area (Å²) in [6.07, 6.45) is 4.89. The molecule has 23 heavy (non-hydrogen) atoms. The van der Waals surface area contributed by atoms with Crippen LogP contribution in [-0.2, 0) is 11.3 Å². The number of carboxylic acid groups (broad SMARTS) is 1. The van der Waals surface area contributed by atoms with Gasteiger partial charge in [0.15, 0.2) is 11.5 Å². The summed E-state index contributed by atoms with van der Waals surface area (Å²) in [5, 5.41) is 17.1. The molecule has 0 bridgehead atoms. The van der Waals surface area contributed by atoms with E-state index in [2.05, 4.69) is 10.3 Å². The zero-order chi connectivity index (χ0) is 16.4. The molecule has 8 heteroatoms. The van der Waals surface area contributed by atoms with Gasteiger partial charge in [-0.05, 0) is 25.3 Å². The number of amides is 1. The lowest BCUT2D eigenvalue weighted by molar-refractivity contribution is -0.143. The Balaban J connectivity index is 1.67. The maximum absolute atomic E-state index is 12.4. The van der Waals surface area contributed by atoms with Gasteiger partial charge in [0.05, 0.1) is 12.1 Å². The third kappa shape index (κ3) is 3.41. The van der Waals surface area contributed by atoms with E-state index in [9.17, 15) is 9.59 Å². The van der Waals surface area contributed by atoms with Crippen molar-refractivity contribution in [2.45, 2.75) is 26.3 Å². The predicted molar refractivity (Wildman–Crippen MR) is 78.8 cm³/mol. The summed E-state index contributed by atoms with van der Waals surface area (Å²) < 4.78 is 6.89. The molecule has 122 valence electrons. The quantitative estimate of drug-likeness (QED) is 0.908. The van der Waals surface area contributed by atoms with Crippen LogP contribution in [0.5, 0.6) is 0 Å². The number of rotatable bonds is 4. The molecule has 1 N–H and O–H groups in total. The van der Waals surface area contributed by atoms with Crippen LogP contribution >= 0.6 is 0 Å². The molecule has 0 aromatic carbocycles. The van der Waals surface area contributed by atoms with Crippen molar-refractivity contribution in [2.24, 2.45) is 5.92 Å². The Morgan fingerprint density at radius 1 is 1.48 bits per heavy atom. The topological polar surface area (TPSA) is 101 Å². The third-order valence-electron chi connectivity index (χ3n) is 3.92. The summed E-state index contributed by atoms with van der Waals surface area (Å²) in [5.74, 6) is -1.13. The zero-order valence-electron chi connectivity index (χ0n) is 12.8. The van der Waals surface area contributed by atoms with Gasteiger partial charge < -0.3 is 14.5 Å². The van der Waals surface area contributed by atoms with Gasteiger partial charge in [0.25, 0.3) is 5.91 Å². The van der Waals surface area contributed by atoms with Crippen molar-refractivity contribution < 1.29 is 19.2 Å². The minimum absolute atomic E-state index is 0.204. The minimum atomic E-state index is -0.864. The SMILES string of the molecule is Cc1cnn(Cc2cc(C(=O)N3CCC[C@H](C(=O)O)C3)no2)c1. The first-order chi connectivity index (χ1) is 11.0. The van der Waals surface area contributed by atoms with E-state index in [1.807, 2.05) is 13.1 Å². The van der Waals surface area contributed by atoms with Crippen LogP contribution in [0.1, 0.15) is 34.7 Å². The monoisotopic (exact) mass is 318 g/mol. The van der Waals surface area contributed by atoms with Crippen LogP contribution in [0, 0.1) is 12.8 Å². The van der Waals surface area contributed by atoms with Crippen molar-refractivity contribution in [1.82, 2.24) is 19.8 Å². The molecule has 3 heterocycles. The number of hydrogen-bond donors (Lipinski definition) is 1. The number of hydrogen-bond acceptors (Lipinski definition) is 5. The smallest absolute Gasteiger partial charge is 0.308 e. The number of carboxylic acids is 1. The molecular weight excluding hydrogens is 300 g/mol. The van der Waals surface area contributed by atoms with Crippen molar-refractivity contribution in [3.63, 3.8) is 0 Å². The van der Waals surface area contributed by atoms with E-state index in [4.69, 9.17) is 9.63 Å². The van der Waals surface area contributed by atoms with Crippen LogP contribution in [0.3, 0.4) is 0 Å². The minimum Gasteiger partial charge on any atom is -0.481 e. The van der Waals surface area contributed by atoms with Crippen LogP contribution in [0.25, 0.3) is 0 Å². The summed E-state index contributed by atoms with van der Waals surface area (Å²) in [4.78, 5) is 25.0. The van der Waals surface area contributed by atoms with Crippen LogP contribution < -0.4 is 0 Å². The number of carbonyl (C=O) groups excluding carboxylic acids is 1. The molecule has 1 aliphatic heterocycles. The Bertz CT molecular complexity index is 721. The molecule has 1 fully saturated rings. The molecule has 1 atom stereocenters. The van der Waals surface area contributed by atoms with E-state index >= 15 is 0 Å². The van der Waals surface area contributed by atoms with Crippen LogP contribution in [-0.4, -0.2) is 49.9 Å². The lowest BCUT2D eigenvalue weighted by Crippen LogP contribution is -2.42. The Kier molecular flexibility index (Phi) is 4.14. The number of likely N-dealkylation sites (tertiary alicyclic amines) is 1. The number of aromatic nitrogens is 3. The first-order valence-electron chi connectivity index (χ1n) is 7.49. The van der Waals surface area contributed by atoms with Gasteiger partial charge in [-0.15, -0.1) is 0 Å². The first kappa shape index (κ1) is 15.3. The van der Waals surface area contributed by atoms with E-state index < -0.39 is 11.9 Å². The Hall–Kier alpha value is -2.64. The number of aryl methyl sites for hydroxylation is 1. The van der Waals surface area contributed by atoms with Crippen molar-refractivity contribution in [3.8, 4) is 0 Å². The molecule has 1 saturated heterocycles. The van der Waals surface area contributed by atoms with Crippen LogP contribution in [0.4, 0.5) is 0 Å². The van der Waals surface area contributed by atoms with Gasteiger partial charge in [-0.1, -0.05) is 5.16 Å². The van der Waals surface area contributed by atoms with Gasteiger partial charge in [-0.25, -0.2) is 0 Å². The van der Waals surface area contributed by atoms with E-state index in [1.165, 1.54) is 4.90 Å². The molecule has 0 unspecified atom stereocenters. The van der Waals surface area contributed by atoms with Gasteiger partial charge in [-0.2, -0.15) is 5.10 Å². The molecule has 8 nitrogen and oxygen atoms in total. The molecule has 3 rings (SSSR count). The van der Waals surface area contributed by atoms with Crippen LogP contribution in [0.2, 0.25) is 0 Å². The number of piperidine rings is 1. The average molecular weight is 318 g/mol. The molecular formula is C15H18N4O4. The average Bonchev–Trinajstić information content (AvgIpc) is 3.16. The third-order valence-corrected chi connectivity index (χ3v) is 3.92. The summed E-state index contributed by atoms with van der Waals surface area (Å²) in [6.45, 7) is 3.10. The Morgan fingerprint density at radius 3 is 3.00 bits per heavy atom. The van der Waals surface area contributed by atoms with Crippen LogP contribution in [0.15, 0.2) is 23.0 Å². The maximum Gasteiger partial charge on any atom is 0.308 e. The van der Waals surface area contributed by atoms with Gasteiger partial charge in [-0.3, -0.25) is 14.3 Å². The second kappa shape index (κ2) is 6.23. The molecule has 0 saturated carbocycles. The van der Waals surface area contributed by atoms with E-state index in [0.29, 0.717) is 31.7 Å². The Labute approximate surface area is 132 Å². The summed E-state index contributed by atoms with van der Waals surface area (Å²) in [5.41, 5.74) is 1.24. The van der Waals surface area contributed by atoms with Crippen molar-refractivity contribution in [3.05, 3.63) is 35.5 Å². The van der Waals surface area contributed by atoms with Gasteiger partial charge >= 0.3 is 5.97 Å². The van der Waals surface area contributed by atoms with Crippen molar-refractivity contribution in [2.75, 3.05) is 13.1 Å². The normalized spacial score (nSPS) is 18.1. The number of carbonyl (C=O) groups is 2. The molecule has 1 amide bonds. The largest absolute Gasteiger partial charge is 0.481 e. The highest BCUT2D eigenvalue weighted by atomic mass is 16.5. The lowest BCUT2D eigenvalue weighted by atomic mass is 9.98. The fraction of sp³-hybridized carbons (Fsp3) is 0.467. The first-order valence-corrected chi connectivity index (χ1v) is 7.49. The number of nitrogens with zero attached hydrogens (tertiary/aromatic N) is 4. The highest BCUT2D eigenvalue weighted by molar-refractivity contribution is 5.92. The highest BCUT2D eigenvalue weighted by Crippen LogP contribution is 2.19. The molecule has 0 radical (unpaired) electrons. The second-order valence-electron chi connectivity index (χ2n) is 5.82. The maximum atomic E-state index is 12.4. The fourth-order valence-corrected chi connectivity index (χ4v) is 2.73. The molecule has 2 aromatic heterocycles. The standard InChI is InChI=1S/C15H18N4O4/c1-10-6-16-19(7-10)9-12-5-13(17-23-12)14(20)18-4-2-3-11(8-18)15(21)22/h5-7,11H,2-4,8-9H2,1H3,(H,21,22)/t11-/m0/s1. The van der Waals surface area contributed by atoms with Crippen molar-refractivity contribution >= 4 is 11.9 Å². The fourth-order valence-electron chi connectivity index (χ4n) is 2.73. The molecule has 0 spiro atoms.